The molecule has 29 heavy (non-hydrogen) atoms. The number of hydrogen-bond donors (Lipinski definition) is 2. The van der Waals surface area contributed by atoms with E-state index in [1.165, 1.54) is 21.3 Å². The molecule has 0 fully saturated rings. The number of carbonyl (C=O) groups excluding carboxylic acids is 2. The van der Waals surface area contributed by atoms with Crippen molar-refractivity contribution in [2.24, 2.45) is 0 Å². The Balaban J connectivity index is 1.87. The molecule has 2 aromatic carbocycles. The Morgan fingerprint density at radius 1 is 0.828 bits per heavy atom. The monoisotopic (exact) mass is 402 g/mol. The zero-order valence-corrected chi connectivity index (χ0v) is 17.3. The van der Waals surface area contributed by atoms with Crippen LogP contribution in [0.3, 0.4) is 0 Å². The predicted molar refractivity (Wildman–Crippen MR) is 107 cm³/mol. The normalized spacial score (nSPS) is 10.1. The number of hydrogen-bond acceptors (Lipinski definition) is 6. The Bertz CT molecular complexity index is 856. The minimum Gasteiger partial charge on any atom is -0.493 e. The molecule has 0 bridgehead atoms. The van der Waals surface area contributed by atoms with E-state index < -0.39 is 11.8 Å². The van der Waals surface area contributed by atoms with Crippen LogP contribution in [0.1, 0.15) is 16.7 Å². The van der Waals surface area contributed by atoms with E-state index in [4.69, 9.17) is 18.9 Å². The molecule has 0 aliphatic heterocycles. The van der Waals surface area contributed by atoms with Crippen LogP contribution >= 0.6 is 0 Å². The third kappa shape index (κ3) is 6.03. The second kappa shape index (κ2) is 10.2. The van der Waals surface area contributed by atoms with Gasteiger partial charge in [-0.2, -0.15) is 0 Å². The third-order valence-electron chi connectivity index (χ3n) is 4.28. The molecule has 2 amide bonds. The van der Waals surface area contributed by atoms with Gasteiger partial charge in [0.1, 0.15) is 5.75 Å². The van der Waals surface area contributed by atoms with Crippen LogP contribution in [0, 0.1) is 13.8 Å². The van der Waals surface area contributed by atoms with Crippen molar-refractivity contribution in [2.45, 2.75) is 20.3 Å². The number of carbonyl (C=O) groups is 2. The van der Waals surface area contributed by atoms with E-state index in [2.05, 4.69) is 10.9 Å². The quantitative estimate of drug-likeness (QED) is 0.657. The van der Waals surface area contributed by atoms with Crippen LogP contribution < -0.4 is 29.8 Å². The van der Waals surface area contributed by atoms with Gasteiger partial charge < -0.3 is 18.9 Å². The lowest BCUT2D eigenvalue weighted by Gasteiger charge is -2.14. The topological polar surface area (TPSA) is 95.1 Å². The van der Waals surface area contributed by atoms with Crippen molar-refractivity contribution < 1.29 is 28.5 Å². The minimum absolute atomic E-state index is 0.00894. The lowest BCUT2D eigenvalue weighted by atomic mass is 10.1. The molecule has 0 saturated heterocycles. The largest absolute Gasteiger partial charge is 0.493 e. The molecule has 0 atom stereocenters. The molecule has 156 valence electrons. The van der Waals surface area contributed by atoms with E-state index in [9.17, 15) is 9.59 Å². The van der Waals surface area contributed by atoms with Gasteiger partial charge in [0.15, 0.2) is 18.1 Å². The van der Waals surface area contributed by atoms with Crippen LogP contribution in [-0.4, -0.2) is 39.8 Å². The fraction of sp³-hybridized carbons (Fsp3) is 0.333. The van der Waals surface area contributed by atoms with E-state index in [1.807, 2.05) is 26.0 Å². The van der Waals surface area contributed by atoms with Gasteiger partial charge in [-0.1, -0.05) is 6.07 Å². The molecule has 0 saturated carbocycles. The molecule has 0 aliphatic rings. The van der Waals surface area contributed by atoms with Crippen molar-refractivity contribution >= 4 is 11.8 Å². The molecule has 2 aromatic rings. The molecule has 2 rings (SSSR count). The number of rotatable bonds is 8. The fourth-order valence-electron chi connectivity index (χ4n) is 2.60. The molecular weight excluding hydrogens is 376 g/mol. The molecule has 0 spiro atoms. The SMILES string of the molecule is COc1cc(CC(=O)NNC(=O)COc2ccc(C)c(C)c2)cc(OC)c1OC. The molecule has 8 nitrogen and oxygen atoms in total. The summed E-state index contributed by atoms with van der Waals surface area (Å²) in [5.74, 6) is 1.05. The Hall–Kier alpha value is -3.42. The number of methoxy groups -OCH3 is 3. The van der Waals surface area contributed by atoms with Gasteiger partial charge >= 0.3 is 0 Å². The Labute approximate surface area is 170 Å². The van der Waals surface area contributed by atoms with E-state index >= 15 is 0 Å². The van der Waals surface area contributed by atoms with Crippen molar-refractivity contribution in [1.82, 2.24) is 10.9 Å². The van der Waals surface area contributed by atoms with Gasteiger partial charge in [-0.05, 0) is 54.8 Å². The average Bonchev–Trinajstić information content (AvgIpc) is 2.72. The maximum Gasteiger partial charge on any atom is 0.276 e. The first kappa shape index (κ1) is 21.9. The number of amides is 2. The zero-order chi connectivity index (χ0) is 21.4. The summed E-state index contributed by atoms with van der Waals surface area (Å²) in [7, 11) is 4.50. The second-order valence-corrected chi connectivity index (χ2v) is 6.34. The molecule has 0 aliphatic carbocycles. The highest BCUT2D eigenvalue weighted by molar-refractivity contribution is 5.84. The van der Waals surface area contributed by atoms with Gasteiger partial charge in [-0.25, -0.2) is 0 Å². The van der Waals surface area contributed by atoms with Crippen LogP contribution in [0.2, 0.25) is 0 Å². The molecule has 0 radical (unpaired) electrons. The first-order valence-corrected chi connectivity index (χ1v) is 8.94. The standard InChI is InChI=1S/C21H26N2O6/c1-13-6-7-16(8-14(13)2)29-12-20(25)23-22-19(24)11-15-9-17(26-3)21(28-5)18(10-15)27-4/h6-10H,11-12H2,1-5H3,(H,22,24)(H,23,25). The highest BCUT2D eigenvalue weighted by atomic mass is 16.5. The van der Waals surface area contributed by atoms with Gasteiger partial charge in [0, 0.05) is 0 Å². The first-order chi connectivity index (χ1) is 13.9. The van der Waals surface area contributed by atoms with Crippen molar-refractivity contribution in [3.05, 3.63) is 47.0 Å². The summed E-state index contributed by atoms with van der Waals surface area (Å²) >= 11 is 0. The van der Waals surface area contributed by atoms with Gasteiger partial charge in [0.05, 0.1) is 27.8 Å². The maximum absolute atomic E-state index is 12.1. The fourth-order valence-corrected chi connectivity index (χ4v) is 2.60. The molecule has 0 unspecified atom stereocenters. The number of hydrazine groups is 1. The molecule has 2 N–H and O–H groups in total. The maximum atomic E-state index is 12.1. The number of benzene rings is 2. The van der Waals surface area contributed by atoms with Crippen molar-refractivity contribution in [1.29, 1.82) is 0 Å². The van der Waals surface area contributed by atoms with Gasteiger partial charge in [0.25, 0.3) is 5.91 Å². The summed E-state index contributed by atoms with van der Waals surface area (Å²) in [5, 5.41) is 0. The van der Waals surface area contributed by atoms with Crippen molar-refractivity contribution in [3.63, 3.8) is 0 Å². The Kier molecular flexibility index (Phi) is 7.70. The summed E-state index contributed by atoms with van der Waals surface area (Å²) in [4.78, 5) is 24.0. The summed E-state index contributed by atoms with van der Waals surface area (Å²) in [6.45, 7) is 3.74. The highest BCUT2D eigenvalue weighted by Gasteiger charge is 2.15. The molecule has 0 heterocycles. The van der Waals surface area contributed by atoms with Gasteiger partial charge in [0.2, 0.25) is 11.7 Å². The van der Waals surface area contributed by atoms with E-state index in [0.717, 1.165) is 11.1 Å². The van der Waals surface area contributed by atoms with E-state index in [1.54, 1.807) is 18.2 Å². The number of nitrogens with one attached hydrogen (secondary N) is 2. The molecular formula is C21H26N2O6. The average molecular weight is 402 g/mol. The third-order valence-corrected chi connectivity index (χ3v) is 4.28. The van der Waals surface area contributed by atoms with Crippen molar-refractivity contribution in [2.75, 3.05) is 27.9 Å². The number of aryl methyl sites for hydroxylation is 2. The second-order valence-electron chi connectivity index (χ2n) is 6.34. The smallest absolute Gasteiger partial charge is 0.276 e. The first-order valence-electron chi connectivity index (χ1n) is 8.94. The van der Waals surface area contributed by atoms with E-state index in [-0.39, 0.29) is 13.0 Å². The van der Waals surface area contributed by atoms with Crippen LogP contribution in [-0.2, 0) is 16.0 Å². The van der Waals surface area contributed by atoms with Gasteiger partial charge in [-0.15, -0.1) is 0 Å². The zero-order valence-electron chi connectivity index (χ0n) is 17.3. The van der Waals surface area contributed by atoms with Crippen LogP contribution in [0.25, 0.3) is 0 Å². The highest BCUT2D eigenvalue weighted by Crippen LogP contribution is 2.38. The summed E-state index contributed by atoms with van der Waals surface area (Å²) < 4.78 is 21.2. The lowest BCUT2D eigenvalue weighted by molar-refractivity contribution is -0.129. The predicted octanol–water partition coefficient (Wildman–Crippen LogP) is 2.10. The van der Waals surface area contributed by atoms with Crippen LogP contribution in [0.4, 0.5) is 0 Å². The van der Waals surface area contributed by atoms with Gasteiger partial charge in [-0.3, -0.25) is 20.4 Å². The summed E-state index contributed by atoms with van der Waals surface area (Å²) in [6.07, 6.45) is 0.00894. The lowest BCUT2D eigenvalue weighted by Crippen LogP contribution is -2.44. The minimum atomic E-state index is -0.471. The van der Waals surface area contributed by atoms with Crippen LogP contribution in [0.5, 0.6) is 23.0 Å². The Morgan fingerprint density at radius 2 is 1.45 bits per heavy atom. The van der Waals surface area contributed by atoms with E-state index in [0.29, 0.717) is 28.6 Å². The molecule has 8 heteroatoms. The number of ether oxygens (including phenoxy) is 4. The van der Waals surface area contributed by atoms with Crippen LogP contribution in [0.15, 0.2) is 30.3 Å². The summed E-state index contributed by atoms with van der Waals surface area (Å²) in [5.41, 5.74) is 7.54. The summed E-state index contributed by atoms with van der Waals surface area (Å²) in [6, 6.07) is 8.91. The molecule has 0 aromatic heterocycles. The van der Waals surface area contributed by atoms with Crippen molar-refractivity contribution in [3.8, 4) is 23.0 Å². The Morgan fingerprint density at radius 3 is 2.00 bits per heavy atom.